The largest absolute Gasteiger partial charge is 0.368 e. The van der Waals surface area contributed by atoms with E-state index in [-0.39, 0.29) is 6.04 Å². The second kappa shape index (κ2) is 9.33. The Bertz CT molecular complexity index is 1090. The van der Waals surface area contributed by atoms with E-state index in [9.17, 15) is 0 Å². The first-order chi connectivity index (χ1) is 14.7. The van der Waals surface area contributed by atoms with Crippen LogP contribution in [0.4, 0.5) is 5.82 Å². The molecule has 0 fully saturated rings. The molecule has 2 aromatic carbocycles. The molecule has 3 N–H and O–H groups in total. The van der Waals surface area contributed by atoms with Crippen LogP contribution in [0.5, 0.6) is 0 Å². The summed E-state index contributed by atoms with van der Waals surface area (Å²) in [6.07, 6.45) is 4.42. The molecule has 0 radical (unpaired) electrons. The zero-order valence-electron chi connectivity index (χ0n) is 17.1. The van der Waals surface area contributed by atoms with Crippen molar-refractivity contribution >= 4 is 5.82 Å². The van der Waals surface area contributed by atoms with Crippen LogP contribution in [0.25, 0.3) is 22.4 Å². The summed E-state index contributed by atoms with van der Waals surface area (Å²) in [6.45, 7) is 2.76. The van der Waals surface area contributed by atoms with Crippen molar-refractivity contribution in [3.8, 4) is 22.4 Å². The lowest BCUT2D eigenvalue weighted by Gasteiger charge is -2.16. The maximum atomic E-state index is 6.34. The predicted molar refractivity (Wildman–Crippen MR) is 124 cm³/mol. The standard InChI is InChI=1S/C26H26N4/c1-19-6-5-9-22(16-19)24-10-11-25(30-26(24)21-12-14-28-15-13-21)29-18-23(27)17-20-7-3-2-4-8-20/h2-16,23H,17-18,27H2,1H3,(H,29,30). The van der Waals surface area contributed by atoms with E-state index in [4.69, 9.17) is 10.7 Å². The fourth-order valence-electron chi connectivity index (χ4n) is 3.56. The second-order valence-corrected chi connectivity index (χ2v) is 7.53. The van der Waals surface area contributed by atoms with Gasteiger partial charge >= 0.3 is 0 Å². The highest BCUT2D eigenvalue weighted by Crippen LogP contribution is 2.32. The molecule has 0 aliphatic rings. The molecule has 150 valence electrons. The zero-order chi connectivity index (χ0) is 20.8. The molecule has 2 aromatic heterocycles. The molecule has 0 aliphatic heterocycles. The lowest BCUT2D eigenvalue weighted by molar-refractivity contribution is 0.698. The first kappa shape index (κ1) is 19.8. The molecule has 4 nitrogen and oxygen atoms in total. The van der Waals surface area contributed by atoms with Gasteiger partial charge < -0.3 is 11.1 Å². The summed E-state index contributed by atoms with van der Waals surface area (Å²) in [5.74, 6) is 0.821. The normalized spacial score (nSPS) is 11.8. The van der Waals surface area contributed by atoms with Gasteiger partial charge in [-0.3, -0.25) is 4.98 Å². The summed E-state index contributed by atoms with van der Waals surface area (Å²) in [4.78, 5) is 9.08. The number of aryl methyl sites for hydroxylation is 1. The van der Waals surface area contributed by atoms with Gasteiger partial charge in [0.1, 0.15) is 5.82 Å². The highest BCUT2D eigenvalue weighted by atomic mass is 15.0. The van der Waals surface area contributed by atoms with E-state index in [1.807, 2.05) is 36.4 Å². The monoisotopic (exact) mass is 394 g/mol. The van der Waals surface area contributed by atoms with E-state index in [1.165, 1.54) is 11.1 Å². The Morgan fingerprint density at radius 2 is 1.67 bits per heavy atom. The van der Waals surface area contributed by atoms with Crippen LogP contribution < -0.4 is 11.1 Å². The smallest absolute Gasteiger partial charge is 0.126 e. The highest BCUT2D eigenvalue weighted by Gasteiger charge is 2.12. The molecule has 0 aliphatic carbocycles. The van der Waals surface area contributed by atoms with Crippen LogP contribution in [-0.4, -0.2) is 22.6 Å². The van der Waals surface area contributed by atoms with Gasteiger partial charge in [-0.15, -0.1) is 0 Å². The van der Waals surface area contributed by atoms with E-state index in [0.29, 0.717) is 6.54 Å². The number of benzene rings is 2. The van der Waals surface area contributed by atoms with E-state index in [2.05, 4.69) is 59.7 Å². The number of hydrogen-bond acceptors (Lipinski definition) is 4. The van der Waals surface area contributed by atoms with Crippen LogP contribution in [-0.2, 0) is 6.42 Å². The van der Waals surface area contributed by atoms with Gasteiger partial charge in [0.15, 0.2) is 0 Å². The van der Waals surface area contributed by atoms with Gasteiger partial charge in [0.2, 0.25) is 0 Å². The van der Waals surface area contributed by atoms with E-state index in [1.54, 1.807) is 12.4 Å². The van der Waals surface area contributed by atoms with Crippen molar-refractivity contribution in [2.24, 2.45) is 5.73 Å². The highest BCUT2D eigenvalue weighted by molar-refractivity contribution is 5.82. The van der Waals surface area contributed by atoms with Crippen LogP contribution in [0, 0.1) is 6.92 Å². The molecular weight excluding hydrogens is 368 g/mol. The Morgan fingerprint density at radius 1 is 0.867 bits per heavy atom. The summed E-state index contributed by atoms with van der Waals surface area (Å²) in [5.41, 5.74) is 13.0. The lowest BCUT2D eigenvalue weighted by Crippen LogP contribution is -2.31. The predicted octanol–water partition coefficient (Wildman–Crippen LogP) is 5.10. The minimum Gasteiger partial charge on any atom is -0.368 e. The van der Waals surface area contributed by atoms with Gasteiger partial charge in [0.05, 0.1) is 5.69 Å². The van der Waals surface area contributed by atoms with E-state index < -0.39 is 0 Å². The van der Waals surface area contributed by atoms with Gasteiger partial charge in [0, 0.05) is 36.1 Å². The average Bonchev–Trinajstić information content (AvgIpc) is 2.79. The summed E-state index contributed by atoms with van der Waals surface area (Å²) in [5, 5.41) is 3.41. The lowest BCUT2D eigenvalue weighted by atomic mass is 9.98. The van der Waals surface area contributed by atoms with Crippen LogP contribution in [0.1, 0.15) is 11.1 Å². The molecule has 0 amide bonds. The van der Waals surface area contributed by atoms with Gasteiger partial charge in [-0.05, 0) is 48.7 Å². The Morgan fingerprint density at radius 3 is 2.43 bits per heavy atom. The Labute approximate surface area is 177 Å². The summed E-state index contributed by atoms with van der Waals surface area (Å²) in [6, 6.07) is 27.0. The number of anilines is 1. The number of nitrogens with one attached hydrogen (secondary N) is 1. The Kier molecular flexibility index (Phi) is 6.16. The van der Waals surface area contributed by atoms with Gasteiger partial charge in [-0.25, -0.2) is 4.98 Å². The van der Waals surface area contributed by atoms with E-state index >= 15 is 0 Å². The number of pyridine rings is 2. The third-order valence-corrected chi connectivity index (χ3v) is 5.06. The van der Waals surface area contributed by atoms with E-state index in [0.717, 1.165) is 34.6 Å². The van der Waals surface area contributed by atoms with Gasteiger partial charge in [0.25, 0.3) is 0 Å². The van der Waals surface area contributed by atoms with Crippen LogP contribution in [0.15, 0.2) is 91.3 Å². The molecule has 0 spiro atoms. The van der Waals surface area contributed by atoms with Crippen LogP contribution >= 0.6 is 0 Å². The quantitative estimate of drug-likeness (QED) is 0.458. The third-order valence-electron chi connectivity index (χ3n) is 5.06. The number of nitrogens with zero attached hydrogens (tertiary/aromatic N) is 2. The molecule has 0 saturated heterocycles. The Hall–Kier alpha value is -3.50. The fraction of sp³-hybridized carbons (Fsp3) is 0.154. The molecular formula is C26H26N4. The average molecular weight is 395 g/mol. The summed E-state index contributed by atoms with van der Waals surface area (Å²) < 4.78 is 0. The molecule has 0 bridgehead atoms. The number of aromatic nitrogens is 2. The van der Waals surface area contributed by atoms with Crippen molar-refractivity contribution in [3.05, 3.63) is 102 Å². The fourth-order valence-corrected chi connectivity index (χ4v) is 3.56. The Balaban J connectivity index is 1.58. The maximum absolute atomic E-state index is 6.34. The van der Waals surface area contributed by atoms with Crippen molar-refractivity contribution in [1.82, 2.24) is 9.97 Å². The number of rotatable bonds is 7. The van der Waals surface area contributed by atoms with Gasteiger partial charge in [-0.1, -0.05) is 60.2 Å². The topological polar surface area (TPSA) is 63.8 Å². The zero-order valence-corrected chi connectivity index (χ0v) is 17.1. The van der Waals surface area contributed by atoms with Crippen molar-refractivity contribution in [2.45, 2.75) is 19.4 Å². The molecule has 1 unspecified atom stereocenters. The summed E-state index contributed by atoms with van der Waals surface area (Å²) >= 11 is 0. The number of hydrogen-bond donors (Lipinski definition) is 2. The minimum atomic E-state index is 0.00928. The van der Waals surface area contributed by atoms with Crippen molar-refractivity contribution < 1.29 is 0 Å². The molecule has 4 aromatic rings. The molecule has 4 rings (SSSR count). The molecule has 0 saturated carbocycles. The minimum absolute atomic E-state index is 0.00928. The second-order valence-electron chi connectivity index (χ2n) is 7.53. The molecule has 30 heavy (non-hydrogen) atoms. The molecule has 1 atom stereocenters. The first-order valence-electron chi connectivity index (χ1n) is 10.2. The van der Waals surface area contributed by atoms with Crippen LogP contribution in [0.3, 0.4) is 0 Å². The van der Waals surface area contributed by atoms with Gasteiger partial charge in [-0.2, -0.15) is 0 Å². The SMILES string of the molecule is Cc1cccc(-c2ccc(NCC(N)Cc3ccccc3)nc2-c2ccncc2)c1. The third kappa shape index (κ3) is 4.91. The van der Waals surface area contributed by atoms with Crippen LogP contribution in [0.2, 0.25) is 0 Å². The first-order valence-corrected chi connectivity index (χ1v) is 10.2. The molecule has 2 heterocycles. The maximum Gasteiger partial charge on any atom is 0.126 e. The van der Waals surface area contributed by atoms with Crippen molar-refractivity contribution in [1.29, 1.82) is 0 Å². The summed E-state index contributed by atoms with van der Waals surface area (Å²) in [7, 11) is 0. The molecule has 4 heteroatoms. The van der Waals surface area contributed by atoms with Crippen molar-refractivity contribution in [3.63, 3.8) is 0 Å². The van der Waals surface area contributed by atoms with Crippen molar-refractivity contribution in [2.75, 3.05) is 11.9 Å². The number of nitrogens with two attached hydrogens (primary N) is 1.